The summed E-state index contributed by atoms with van der Waals surface area (Å²) in [5, 5.41) is 4.32. The Hall–Kier alpha value is -3.42. The van der Waals surface area contributed by atoms with Crippen molar-refractivity contribution in [1.29, 1.82) is 0 Å². The summed E-state index contributed by atoms with van der Waals surface area (Å²) < 4.78 is 1.59. The Morgan fingerprint density at radius 1 is 1.00 bits per heavy atom. The molecule has 0 spiro atoms. The van der Waals surface area contributed by atoms with E-state index in [4.69, 9.17) is 16.6 Å². The van der Waals surface area contributed by atoms with E-state index in [2.05, 4.69) is 19.2 Å². The molecule has 1 amide bonds. The van der Waals surface area contributed by atoms with Gasteiger partial charge in [-0.25, -0.2) is 4.98 Å². The molecule has 38 heavy (non-hydrogen) atoms. The fourth-order valence-corrected chi connectivity index (χ4v) is 4.91. The van der Waals surface area contributed by atoms with Gasteiger partial charge in [-0.05, 0) is 67.3 Å². The standard InChI is InChI=1S/C30H30ClN3O3S/c1-19(2)14-15-32-28(36)23-10-13-25-26(16-23)33-30(38-18-27(35)22-8-11-24(31)12-9-22)34(29(25)37)17-21-6-4-20(3)5-7-21/h4-13,16,19H,14-15,17-18H2,1-3H3,(H,32,36). The van der Waals surface area contributed by atoms with E-state index in [0.717, 1.165) is 17.5 Å². The number of rotatable bonds is 10. The van der Waals surface area contributed by atoms with Crippen molar-refractivity contribution in [2.75, 3.05) is 12.3 Å². The molecule has 0 bridgehead atoms. The number of hydrogen-bond acceptors (Lipinski definition) is 5. The van der Waals surface area contributed by atoms with Crippen LogP contribution < -0.4 is 10.9 Å². The maximum Gasteiger partial charge on any atom is 0.262 e. The third-order valence-corrected chi connectivity index (χ3v) is 7.38. The van der Waals surface area contributed by atoms with Crippen molar-refractivity contribution in [1.82, 2.24) is 14.9 Å². The molecular weight excluding hydrogens is 518 g/mol. The summed E-state index contributed by atoms with van der Waals surface area (Å²) in [6.45, 7) is 7.11. The number of nitrogens with zero attached hydrogens (tertiary/aromatic N) is 2. The molecule has 4 aromatic rings. The van der Waals surface area contributed by atoms with Crippen molar-refractivity contribution in [2.24, 2.45) is 5.92 Å². The average Bonchev–Trinajstić information content (AvgIpc) is 2.90. The molecule has 3 aromatic carbocycles. The number of halogens is 1. The number of Topliss-reactive ketones (excluding diaryl/α,β-unsaturated/α-hetero) is 1. The van der Waals surface area contributed by atoms with Crippen molar-refractivity contribution in [3.05, 3.63) is 104 Å². The third-order valence-electron chi connectivity index (χ3n) is 6.15. The fraction of sp³-hybridized carbons (Fsp3) is 0.267. The lowest BCUT2D eigenvalue weighted by molar-refractivity contribution is 0.0951. The summed E-state index contributed by atoms with van der Waals surface area (Å²) in [4.78, 5) is 43.9. The van der Waals surface area contributed by atoms with Crippen LogP contribution in [0, 0.1) is 12.8 Å². The van der Waals surface area contributed by atoms with Crippen LogP contribution in [0.2, 0.25) is 5.02 Å². The van der Waals surface area contributed by atoms with E-state index in [9.17, 15) is 14.4 Å². The molecule has 0 fully saturated rings. The van der Waals surface area contributed by atoms with Crippen molar-refractivity contribution >= 4 is 46.0 Å². The molecule has 4 rings (SSSR count). The second kappa shape index (κ2) is 12.4. The number of hydrogen-bond donors (Lipinski definition) is 1. The summed E-state index contributed by atoms with van der Waals surface area (Å²) in [7, 11) is 0. The Morgan fingerprint density at radius 2 is 1.68 bits per heavy atom. The number of aryl methyl sites for hydroxylation is 1. The maximum atomic E-state index is 13.6. The molecule has 0 aliphatic carbocycles. The van der Waals surface area contributed by atoms with Crippen LogP contribution in [0.4, 0.5) is 0 Å². The second-order valence-corrected chi connectivity index (χ2v) is 11.0. The number of carbonyl (C=O) groups excluding carboxylic acids is 2. The molecule has 196 valence electrons. The normalized spacial score (nSPS) is 11.2. The highest BCUT2D eigenvalue weighted by Crippen LogP contribution is 2.22. The van der Waals surface area contributed by atoms with Crippen LogP contribution >= 0.6 is 23.4 Å². The Kier molecular flexibility index (Phi) is 9.02. The van der Waals surface area contributed by atoms with Gasteiger partial charge in [0.1, 0.15) is 0 Å². The Labute approximate surface area is 231 Å². The molecule has 0 radical (unpaired) electrons. The topological polar surface area (TPSA) is 81.1 Å². The largest absolute Gasteiger partial charge is 0.352 e. The smallest absolute Gasteiger partial charge is 0.262 e. The number of benzene rings is 3. The molecule has 8 heteroatoms. The van der Waals surface area contributed by atoms with Gasteiger partial charge in [-0.3, -0.25) is 19.0 Å². The lowest BCUT2D eigenvalue weighted by Gasteiger charge is -2.14. The molecule has 1 heterocycles. The monoisotopic (exact) mass is 547 g/mol. The first-order valence-electron chi connectivity index (χ1n) is 12.5. The fourth-order valence-electron chi connectivity index (χ4n) is 3.89. The van der Waals surface area contributed by atoms with Crippen LogP contribution in [0.25, 0.3) is 10.9 Å². The number of carbonyl (C=O) groups is 2. The van der Waals surface area contributed by atoms with Crippen LogP contribution in [-0.4, -0.2) is 33.5 Å². The van der Waals surface area contributed by atoms with E-state index in [0.29, 0.717) is 51.2 Å². The van der Waals surface area contributed by atoms with Gasteiger partial charge in [-0.2, -0.15) is 0 Å². The first kappa shape index (κ1) is 27.6. The molecule has 1 N–H and O–H groups in total. The molecule has 1 aromatic heterocycles. The van der Waals surface area contributed by atoms with E-state index >= 15 is 0 Å². The van der Waals surface area contributed by atoms with E-state index < -0.39 is 0 Å². The van der Waals surface area contributed by atoms with E-state index in [1.165, 1.54) is 11.8 Å². The minimum atomic E-state index is -0.219. The van der Waals surface area contributed by atoms with Gasteiger partial charge in [0.2, 0.25) is 0 Å². The van der Waals surface area contributed by atoms with Crippen molar-refractivity contribution in [3.63, 3.8) is 0 Å². The van der Waals surface area contributed by atoms with Crippen molar-refractivity contribution < 1.29 is 9.59 Å². The summed E-state index contributed by atoms with van der Waals surface area (Å²) in [5.41, 5.74) is 3.26. The van der Waals surface area contributed by atoms with Gasteiger partial charge in [0.25, 0.3) is 11.5 Å². The highest BCUT2D eigenvalue weighted by molar-refractivity contribution is 7.99. The summed E-state index contributed by atoms with van der Waals surface area (Å²) in [5.74, 6) is 0.283. The zero-order valence-corrected chi connectivity index (χ0v) is 23.2. The van der Waals surface area contributed by atoms with Crippen LogP contribution in [0.15, 0.2) is 76.7 Å². The Balaban J connectivity index is 1.67. The lowest BCUT2D eigenvalue weighted by atomic mass is 10.1. The van der Waals surface area contributed by atoms with Gasteiger partial charge in [-0.15, -0.1) is 0 Å². The molecule has 0 aliphatic rings. The first-order chi connectivity index (χ1) is 18.2. The zero-order valence-electron chi connectivity index (χ0n) is 21.7. The van der Waals surface area contributed by atoms with E-state index in [1.54, 1.807) is 47.0 Å². The van der Waals surface area contributed by atoms with Gasteiger partial charge in [0.05, 0.1) is 23.2 Å². The quantitative estimate of drug-likeness (QED) is 0.146. The molecule has 0 unspecified atom stereocenters. The minimum absolute atomic E-state index is 0.0961. The maximum absolute atomic E-state index is 13.6. The first-order valence-corrected chi connectivity index (χ1v) is 13.9. The number of nitrogens with one attached hydrogen (secondary N) is 1. The second-order valence-electron chi connectivity index (χ2n) is 9.66. The third kappa shape index (κ3) is 6.91. The number of fused-ring (bicyclic) bond motifs is 1. The summed E-state index contributed by atoms with van der Waals surface area (Å²) in [6.07, 6.45) is 0.879. The van der Waals surface area contributed by atoms with Gasteiger partial charge < -0.3 is 5.32 Å². The number of amides is 1. The molecule has 0 saturated carbocycles. The number of aromatic nitrogens is 2. The molecule has 6 nitrogen and oxygen atoms in total. The van der Waals surface area contributed by atoms with Crippen molar-refractivity contribution in [2.45, 2.75) is 38.9 Å². The molecular formula is C30H30ClN3O3S. The SMILES string of the molecule is Cc1ccc(Cn2c(SCC(=O)c3ccc(Cl)cc3)nc3cc(C(=O)NCCC(C)C)ccc3c2=O)cc1. The van der Waals surface area contributed by atoms with Crippen molar-refractivity contribution in [3.8, 4) is 0 Å². The van der Waals surface area contributed by atoms with Crippen LogP contribution in [0.1, 0.15) is 52.1 Å². The highest BCUT2D eigenvalue weighted by Gasteiger charge is 2.16. The van der Waals surface area contributed by atoms with Crippen LogP contribution in [0.5, 0.6) is 0 Å². The van der Waals surface area contributed by atoms with Crippen LogP contribution in [0.3, 0.4) is 0 Å². The summed E-state index contributed by atoms with van der Waals surface area (Å²) in [6, 6.07) is 19.6. The van der Waals surface area contributed by atoms with E-state index in [-0.39, 0.29) is 23.0 Å². The van der Waals surface area contributed by atoms with Gasteiger partial charge in [0, 0.05) is 22.7 Å². The predicted octanol–water partition coefficient (Wildman–Crippen LogP) is 6.16. The predicted molar refractivity (Wildman–Crippen MR) is 155 cm³/mol. The Morgan fingerprint density at radius 3 is 2.37 bits per heavy atom. The van der Waals surface area contributed by atoms with Gasteiger partial charge in [-0.1, -0.05) is 67.0 Å². The van der Waals surface area contributed by atoms with Gasteiger partial charge >= 0.3 is 0 Å². The summed E-state index contributed by atoms with van der Waals surface area (Å²) >= 11 is 7.16. The minimum Gasteiger partial charge on any atom is -0.352 e. The average molecular weight is 548 g/mol. The van der Waals surface area contributed by atoms with E-state index in [1.807, 2.05) is 31.2 Å². The zero-order chi connectivity index (χ0) is 27.2. The molecule has 0 aliphatic heterocycles. The lowest BCUT2D eigenvalue weighted by Crippen LogP contribution is -2.26. The van der Waals surface area contributed by atoms with Crippen LogP contribution in [-0.2, 0) is 6.54 Å². The molecule has 0 atom stereocenters. The van der Waals surface area contributed by atoms with Gasteiger partial charge in [0.15, 0.2) is 10.9 Å². The number of thioether (sulfide) groups is 1. The molecule has 0 saturated heterocycles. The Bertz CT molecular complexity index is 1510. The number of ketones is 1. The highest BCUT2D eigenvalue weighted by atomic mass is 35.5.